The van der Waals surface area contributed by atoms with Crippen LogP contribution in [0, 0.1) is 0 Å². The molecular formula is C13H12ClN3O. The molecule has 1 fully saturated rings. The van der Waals surface area contributed by atoms with Gasteiger partial charge in [0.05, 0.1) is 16.8 Å². The second-order valence-electron chi connectivity index (χ2n) is 4.43. The average molecular weight is 262 g/mol. The van der Waals surface area contributed by atoms with E-state index in [1.807, 2.05) is 6.07 Å². The Morgan fingerprint density at radius 1 is 1.39 bits per heavy atom. The van der Waals surface area contributed by atoms with Crippen LogP contribution in [0.3, 0.4) is 0 Å². The third-order valence-corrected chi connectivity index (χ3v) is 3.28. The van der Waals surface area contributed by atoms with E-state index < -0.39 is 0 Å². The van der Waals surface area contributed by atoms with Crippen LogP contribution in [0.2, 0.25) is 5.02 Å². The van der Waals surface area contributed by atoms with Crippen molar-refractivity contribution in [2.45, 2.75) is 18.9 Å². The molecule has 1 saturated carbocycles. The van der Waals surface area contributed by atoms with Crippen molar-refractivity contribution in [1.29, 1.82) is 0 Å². The van der Waals surface area contributed by atoms with Gasteiger partial charge in [-0.05, 0) is 30.5 Å². The Morgan fingerprint density at radius 3 is 2.89 bits per heavy atom. The predicted octanol–water partition coefficient (Wildman–Crippen LogP) is 2.62. The first-order valence-electron chi connectivity index (χ1n) is 5.83. The van der Waals surface area contributed by atoms with E-state index in [9.17, 15) is 4.79 Å². The van der Waals surface area contributed by atoms with Gasteiger partial charge >= 0.3 is 0 Å². The topological polar surface area (TPSA) is 57.8 Å². The maximum Gasteiger partial charge on any atom is 0.253 e. The Balaban J connectivity index is 1.92. The monoisotopic (exact) mass is 261 g/mol. The van der Waals surface area contributed by atoms with Crippen LogP contribution in [-0.4, -0.2) is 22.1 Å². The molecule has 1 aromatic heterocycles. The Bertz CT molecular complexity index is 576. The van der Waals surface area contributed by atoms with Crippen molar-refractivity contribution in [3.8, 4) is 11.1 Å². The number of benzene rings is 1. The van der Waals surface area contributed by atoms with Crippen molar-refractivity contribution < 1.29 is 4.79 Å². The van der Waals surface area contributed by atoms with Crippen LogP contribution in [0.1, 0.15) is 23.2 Å². The largest absolute Gasteiger partial charge is 0.349 e. The molecule has 2 N–H and O–H groups in total. The maximum atomic E-state index is 12.0. The van der Waals surface area contributed by atoms with Gasteiger partial charge in [0.2, 0.25) is 0 Å². The SMILES string of the molecule is O=C(NC1CC1)c1cc(-c2cn[nH]c2)ccc1Cl. The number of aromatic amines is 1. The van der Waals surface area contributed by atoms with Gasteiger partial charge in [-0.15, -0.1) is 0 Å². The van der Waals surface area contributed by atoms with E-state index in [1.54, 1.807) is 24.5 Å². The van der Waals surface area contributed by atoms with Crippen LogP contribution in [0.5, 0.6) is 0 Å². The van der Waals surface area contributed by atoms with Gasteiger partial charge in [0.25, 0.3) is 5.91 Å². The van der Waals surface area contributed by atoms with Gasteiger partial charge in [-0.3, -0.25) is 9.89 Å². The zero-order valence-electron chi connectivity index (χ0n) is 9.61. The van der Waals surface area contributed by atoms with Crippen molar-refractivity contribution in [3.63, 3.8) is 0 Å². The lowest BCUT2D eigenvalue weighted by molar-refractivity contribution is 0.0951. The Morgan fingerprint density at radius 2 is 2.22 bits per heavy atom. The summed E-state index contributed by atoms with van der Waals surface area (Å²) in [5.41, 5.74) is 2.38. The van der Waals surface area contributed by atoms with Gasteiger partial charge < -0.3 is 5.32 Å². The molecule has 0 spiro atoms. The fourth-order valence-corrected chi connectivity index (χ4v) is 1.98. The highest BCUT2D eigenvalue weighted by Crippen LogP contribution is 2.26. The molecule has 1 heterocycles. The minimum Gasteiger partial charge on any atom is -0.349 e. The number of carbonyl (C=O) groups excluding carboxylic acids is 1. The zero-order valence-corrected chi connectivity index (χ0v) is 10.4. The molecular weight excluding hydrogens is 250 g/mol. The second-order valence-corrected chi connectivity index (χ2v) is 4.84. The molecule has 18 heavy (non-hydrogen) atoms. The molecule has 3 rings (SSSR count). The molecule has 4 nitrogen and oxygen atoms in total. The van der Waals surface area contributed by atoms with E-state index in [-0.39, 0.29) is 5.91 Å². The molecule has 0 radical (unpaired) electrons. The number of hydrogen-bond acceptors (Lipinski definition) is 2. The number of hydrogen-bond donors (Lipinski definition) is 2. The van der Waals surface area contributed by atoms with Gasteiger partial charge in [-0.2, -0.15) is 5.10 Å². The van der Waals surface area contributed by atoms with Crippen LogP contribution in [0.25, 0.3) is 11.1 Å². The summed E-state index contributed by atoms with van der Waals surface area (Å²) in [6, 6.07) is 5.74. The van der Waals surface area contributed by atoms with E-state index >= 15 is 0 Å². The van der Waals surface area contributed by atoms with Crippen LogP contribution >= 0.6 is 11.6 Å². The highest BCUT2D eigenvalue weighted by Gasteiger charge is 2.24. The van der Waals surface area contributed by atoms with Gasteiger partial charge in [0.15, 0.2) is 0 Å². The molecule has 0 unspecified atom stereocenters. The minimum atomic E-state index is -0.104. The summed E-state index contributed by atoms with van der Waals surface area (Å²) >= 11 is 6.07. The lowest BCUT2D eigenvalue weighted by Gasteiger charge is -2.07. The molecule has 1 aliphatic carbocycles. The average Bonchev–Trinajstić information content (AvgIpc) is 3.01. The maximum absolute atomic E-state index is 12.0. The van der Waals surface area contributed by atoms with Gasteiger partial charge in [0, 0.05) is 17.8 Å². The first kappa shape index (κ1) is 11.3. The highest BCUT2D eigenvalue weighted by molar-refractivity contribution is 6.34. The summed E-state index contributed by atoms with van der Waals surface area (Å²) in [6.07, 6.45) is 5.62. The fraction of sp³-hybridized carbons (Fsp3) is 0.231. The smallest absolute Gasteiger partial charge is 0.253 e. The first-order chi connectivity index (χ1) is 8.74. The molecule has 5 heteroatoms. The van der Waals surface area contributed by atoms with Crippen LogP contribution in [-0.2, 0) is 0 Å². The standard InChI is InChI=1S/C13H12ClN3O/c14-12-4-1-8(9-6-15-16-7-9)5-11(12)13(18)17-10-2-3-10/h1,4-7,10H,2-3H2,(H,15,16)(H,17,18). The summed E-state index contributed by atoms with van der Waals surface area (Å²) in [6.45, 7) is 0. The molecule has 1 aromatic carbocycles. The second kappa shape index (κ2) is 4.46. The predicted molar refractivity (Wildman–Crippen MR) is 69.5 cm³/mol. The Kier molecular flexibility index (Phi) is 2.80. The summed E-state index contributed by atoms with van der Waals surface area (Å²) in [5, 5.41) is 10.1. The molecule has 0 atom stereocenters. The number of H-pyrrole nitrogens is 1. The number of aromatic nitrogens is 2. The van der Waals surface area contributed by atoms with Crippen molar-refractivity contribution in [2.75, 3.05) is 0 Å². The summed E-state index contributed by atoms with van der Waals surface area (Å²) in [5.74, 6) is -0.104. The number of nitrogens with zero attached hydrogens (tertiary/aromatic N) is 1. The van der Waals surface area contributed by atoms with Crippen LogP contribution in [0.15, 0.2) is 30.6 Å². The summed E-state index contributed by atoms with van der Waals surface area (Å²) in [4.78, 5) is 12.0. The normalized spacial score (nSPS) is 14.5. The third kappa shape index (κ3) is 2.24. The highest BCUT2D eigenvalue weighted by atomic mass is 35.5. The van der Waals surface area contributed by atoms with Crippen molar-refractivity contribution >= 4 is 17.5 Å². The van der Waals surface area contributed by atoms with Gasteiger partial charge in [-0.1, -0.05) is 17.7 Å². The van der Waals surface area contributed by atoms with E-state index in [2.05, 4.69) is 15.5 Å². The zero-order chi connectivity index (χ0) is 12.5. The van der Waals surface area contributed by atoms with E-state index in [0.717, 1.165) is 24.0 Å². The minimum absolute atomic E-state index is 0.104. The van der Waals surface area contributed by atoms with Gasteiger partial charge in [-0.25, -0.2) is 0 Å². The molecule has 0 bridgehead atoms. The lowest BCUT2D eigenvalue weighted by Crippen LogP contribution is -2.25. The number of rotatable bonds is 3. The Hall–Kier alpha value is -1.81. The number of nitrogens with one attached hydrogen (secondary N) is 2. The van der Waals surface area contributed by atoms with Crippen molar-refractivity contribution in [1.82, 2.24) is 15.5 Å². The molecule has 2 aromatic rings. The van der Waals surface area contributed by atoms with E-state index in [1.165, 1.54) is 0 Å². The van der Waals surface area contributed by atoms with Crippen LogP contribution in [0.4, 0.5) is 0 Å². The van der Waals surface area contributed by atoms with E-state index in [4.69, 9.17) is 11.6 Å². The third-order valence-electron chi connectivity index (χ3n) is 2.96. The molecule has 92 valence electrons. The van der Waals surface area contributed by atoms with Crippen molar-refractivity contribution in [3.05, 3.63) is 41.2 Å². The molecule has 0 aliphatic heterocycles. The fourth-order valence-electron chi connectivity index (χ4n) is 1.78. The summed E-state index contributed by atoms with van der Waals surface area (Å²) < 4.78 is 0. The number of carbonyl (C=O) groups is 1. The Labute approximate surface area is 109 Å². The van der Waals surface area contributed by atoms with Crippen molar-refractivity contribution in [2.24, 2.45) is 0 Å². The summed E-state index contributed by atoms with van der Waals surface area (Å²) in [7, 11) is 0. The number of halogens is 1. The van der Waals surface area contributed by atoms with Gasteiger partial charge in [0.1, 0.15) is 0 Å². The molecule has 0 saturated heterocycles. The lowest BCUT2D eigenvalue weighted by atomic mass is 10.1. The van der Waals surface area contributed by atoms with Crippen LogP contribution < -0.4 is 5.32 Å². The quantitative estimate of drug-likeness (QED) is 0.892. The first-order valence-corrected chi connectivity index (χ1v) is 6.21. The molecule has 1 amide bonds. The van der Waals surface area contributed by atoms with E-state index in [0.29, 0.717) is 16.6 Å². The molecule has 1 aliphatic rings. The number of amides is 1.